The zero-order valence-electron chi connectivity index (χ0n) is 14.7. The van der Waals surface area contributed by atoms with Crippen LogP contribution in [0.1, 0.15) is 44.6 Å². The van der Waals surface area contributed by atoms with Crippen LogP contribution in [0.2, 0.25) is 0 Å². The molecule has 25 heavy (non-hydrogen) atoms. The summed E-state index contributed by atoms with van der Waals surface area (Å²) >= 11 is 0. The number of benzene rings is 1. The maximum atomic E-state index is 13.7. The molecule has 3 fully saturated rings. The summed E-state index contributed by atoms with van der Waals surface area (Å²) < 4.78 is 25.4. The van der Waals surface area contributed by atoms with Gasteiger partial charge in [-0.15, -0.1) is 0 Å². The van der Waals surface area contributed by atoms with Gasteiger partial charge in [-0.25, -0.2) is 4.39 Å². The number of fused-ring (bicyclic) bond motifs is 2. The van der Waals surface area contributed by atoms with Crippen LogP contribution in [0.4, 0.5) is 4.39 Å². The molecule has 0 radical (unpaired) electrons. The fourth-order valence-corrected chi connectivity index (χ4v) is 4.56. The van der Waals surface area contributed by atoms with Crippen LogP contribution >= 0.6 is 0 Å². The van der Waals surface area contributed by atoms with E-state index < -0.39 is 0 Å². The van der Waals surface area contributed by atoms with Crippen LogP contribution in [0.5, 0.6) is 0 Å². The average molecular weight is 347 g/mol. The molecule has 2 bridgehead atoms. The van der Waals surface area contributed by atoms with Crippen molar-refractivity contribution in [2.45, 2.75) is 63.9 Å². The van der Waals surface area contributed by atoms with Gasteiger partial charge in [0, 0.05) is 18.7 Å². The molecular weight excluding hydrogens is 321 g/mol. The van der Waals surface area contributed by atoms with Crippen molar-refractivity contribution in [1.29, 1.82) is 0 Å². The first-order valence-corrected chi connectivity index (χ1v) is 9.36. The first-order chi connectivity index (χ1) is 12.1. The van der Waals surface area contributed by atoms with Gasteiger partial charge in [0.1, 0.15) is 5.82 Å². The van der Waals surface area contributed by atoms with Gasteiger partial charge in [-0.1, -0.05) is 18.2 Å². The molecule has 3 heterocycles. The third-order valence-electron chi connectivity index (χ3n) is 6.12. The van der Waals surface area contributed by atoms with E-state index in [0.717, 1.165) is 32.1 Å². The molecule has 5 heteroatoms. The van der Waals surface area contributed by atoms with Crippen LogP contribution in [0.25, 0.3) is 0 Å². The number of nitrogens with zero attached hydrogens (tertiary/aromatic N) is 1. The van der Waals surface area contributed by atoms with E-state index in [0.29, 0.717) is 25.3 Å². The Balaban J connectivity index is 1.28. The van der Waals surface area contributed by atoms with Crippen LogP contribution in [-0.4, -0.2) is 42.2 Å². The fourth-order valence-electron chi connectivity index (χ4n) is 4.56. The first-order valence-electron chi connectivity index (χ1n) is 9.36. The van der Waals surface area contributed by atoms with Crippen LogP contribution < -0.4 is 0 Å². The molecule has 4 nitrogen and oxygen atoms in total. The molecule has 0 N–H and O–H groups in total. The molecule has 3 aliphatic rings. The number of piperidine rings is 1. The van der Waals surface area contributed by atoms with Gasteiger partial charge in [0.2, 0.25) is 5.91 Å². The topological polar surface area (TPSA) is 38.8 Å². The summed E-state index contributed by atoms with van der Waals surface area (Å²) in [5.74, 6) is 0.0200. The van der Waals surface area contributed by atoms with Crippen molar-refractivity contribution in [3.63, 3.8) is 0 Å². The van der Waals surface area contributed by atoms with Gasteiger partial charge in [0.15, 0.2) is 0 Å². The Bertz CT molecular complexity index is 644. The molecule has 0 saturated carbocycles. The zero-order chi connectivity index (χ0) is 17.4. The standard InChI is InChI=1S/C20H26FNO3/c1-20(12-16-6-7-18(20)25-16)19(23)22-10-8-15(9-11-22)24-13-14-4-2-3-5-17(14)21/h2-5,15-16,18H,6-13H2,1H3. The smallest absolute Gasteiger partial charge is 0.231 e. The molecule has 3 saturated heterocycles. The Kier molecular flexibility index (Phi) is 4.54. The van der Waals surface area contributed by atoms with Crippen molar-refractivity contribution in [2.24, 2.45) is 5.41 Å². The molecule has 3 atom stereocenters. The SMILES string of the molecule is CC1(C(=O)N2CCC(OCc3ccccc3F)CC2)CC2CCC1O2. The third-order valence-corrected chi connectivity index (χ3v) is 6.12. The van der Waals surface area contributed by atoms with Gasteiger partial charge in [-0.2, -0.15) is 0 Å². The molecule has 1 aromatic carbocycles. The molecule has 4 rings (SSSR count). The number of amides is 1. The normalized spacial score (nSPS) is 32.3. The summed E-state index contributed by atoms with van der Waals surface area (Å²) in [5.41, 5.74) is 0.247. The molecular formula is C20H26FNO3. The number of likely N-dealkylation sites (tertiary alicyclic amines) is 1. The summed E-state index contributed by atoms with van der Waals surface area (Å²) in [7, 11) is 0. The summed E-state index contributed by atoms with van der Waals surface area (Å²) in [4.78, 5) is 15.0. The van der Waals surface area contributed by atoms with Gasteiger partial charge in [-0.3, -0.25) is 4.79 Å². The molecule has 3 aliphatic heterocycles. The van der Waals surface area contributed by atoms with Gasteiger partial charge >= 0.3 is 0 Å². The Morgan fingerprint density at radius 3 is 2.68 bits per heavy atom. The van der Waals surface area contributed by atoms with Gasteiger partial charge in [0.05, 0.1) is 30.3 Å². The number of hydrogen-bond acceptors (Lipinski definition) is 3. The Labute approximate surface area is 148 Å². The van der Waals surface area contributed by atoms with Crippen molar-refractivity contribution in [3.8, 4) is 0 Å². The molecule has 1 aromatic rings. The highest BCUT2D eigenvalue weighted by Crippen LogP contribution is 2.48. The van der Waals surface area contributed by atoms with E-state index in [9.17, 15) is 9.18 Å². The fraction of sp³-hybridized carbons (Fsp3) is 0.650. The predicted molar refractivity (Wildman–Crippen MR) is 91.4 cm³/mol. The predicted octanol–water partition coefficient (Wildman–Crippen LogP) is 3.29. The molecule has 136 valence electrons. The second kappa shape index (κ2) is 6.69. The number of hydrogen-bond donors (Lipinski definition) is 0. The van der Waals surface area contributed by atoms with E-state index in [1.54, 1.807) is 12.1 Å². The van der Waals surface area contributed by atoms with Crippen molar-refractivity contribution in [2.75, 3.05) is 13.1 Å². The first kappa shape index (κ1) is 17.0. The van der Waals surface area contributed by atoms with E-state index in [-0.39, 0.29) is 35.5 Å². The molecule has 0 aliphatic carbocycles. The van der Waals surface area contributed by atoms with Crippen LogP contribution in [0.15, 0.2) is 24.3 Å². The second-order valence-electron chi connectivity index (χ2n) is 7.84. The van der Waals surface area contributed by atoms with Crippen molar-refractivity contribution >= 4 is 5.91 Å². The number of rotatable bonds is 4. The summed E-state index contributed by atoms with van der Waals surface area (Å²) in [6, 6.07) is 6.71. The van der Waals surface area contributed by atoms with E-state index in [2.05, 4.69) is 6.92 Å². The maximum absolute atomic E-state index is 13.7. The lowest BCUT2D eigenvalue weighted by atomic mass is 9.74. The molecule has 0 aromatic heterocycles. The Hall–Kier alpha value is -1.46. The minimum absolute atomic E-state index is 0.0905. The minimum Gasteiger partial charge on any atom is -0.374 e. The van der Waals surface area contributed by atoms with E-state index in [1.165, 1.54) is 6.07 Å². The average Bonchev–Trinajstić information content (AvgIpc) is 3.22. The number of carbonyl (C=O) groups excluding carboxylic acids is 1. The van der Waals surface area contributed by atoms with E-state index in [4.69, 9.17) is 9.47 Å². The summed E-state index contributed by atoms with van der Waals surface area (Å²) in [6.45, 7) is 3.79. The maximum Gasteiger partial charge on any atom is 0.231 e. The van der Waals surface area contributed by atoms with E-state index >= 15 is 0 Å². The van der Waals surface area contributed by atoms with E-state index in [1.807, 2.05) is 11.0 Å². The lowest BCUT2D eigenvalue weighted by Gasteiger charge is -2.39. The number of carbonyl (C=O) groups is 1. The quantitative estimate of drug-likeness (QED) is 0.839. The third kappa shape index (κ3) is 3.20. The summed E-state index contributed by atoms with van der Waals surface area (Å²) in [6.07, 6.45) is 5.05. The summed E-state index contributed by atoms with van der Waals surface area (Å²) in [5, 5.41) is 0. The lowest BCUT2D eigenvalue weighted by molar-refractivity contribution is -0.147. The van der Waals surface area contributed by atoms with Crippen LogP contribution in [-0.2, 0) is 20.9 Å². The van der Waals surface area contributed by atoms with Crippen molar-refractivity contribution in [3.05, 3.63) is 35.6 Å². The monoisotopic (exact) mass is 347 g/mol. The van der Waals surface area contributed by atoms with Crippen molar-refractivity contribution < 1.29 is 18.7 Å². The number of ether oxygens (including phenoxy) is 2. The second-order valence-corrected chi connectivity index (χ2v) is 7.84. The van der Waals surface area contributed by atoms with Gasteiger partial charge < -0.3 is 14.4 Å². The Morgan fingerprint density at radius 2 is 2.04 bits per heavy atom. The molecule has 3 unspecified atom stereocenters. The minimum atomic E-state index is -0.343. The van der Waals surface area contributed by atoms with Gasteiger partial charge in [-0.05, 0) is 45.1 Å². The Morgan fingerprint density at radius 1 is 1.28 bits per heavy atom. The number of halogens is 1. The highest BCUT2D eigenvalue weighted by atomic mass is 19.1. The highest BCUT2D eigenvalue weighted by Gasteiger charge is 2.55. The molecule has 0 spiro atoms. The van der Waals surface area contributed by atoms with Gasteiger partial charge in [0.25, 0.3) is 0 Å². The lowest BCUT2D eigenvalue weighted by Crippen LogP contribution is -2.50. The molecule has 1 amide bonds. The van der Waals surface area contributed by atoms with Crippen LogP contribution in [0, 0.1) is 11.2 Å². The highest BCUT2D eigenvalue weighted by molar-refractivity contribution is 5.83. The largest absolute Gasteiger partial charge is 0.374 e. The zero-order valence-corrected chi connectivity index (χ0v) is 14.7. The van der Waals surface area contributed by atoms with Crippen molar-refractivity contribution in [1.82, 2.24) is 4.90 Å². The van der Waals surface area contributed by atoms with Crippen LogP contribution in [0.3, 0.4) is 0 Å².